The van der Waals surface area contributed by atoms with Crippen LogP contribution >= 0.6 is 11.6 Å². The molecule has 3 fully saturated rings. The molecule has 2 aliphatic carbocycles. The van der Waals surface area contributed by atoms with E-state index in [1.54, 1.807) is 12.1 Å². The van der Waals surface area contributed by atoms with Crippen molar-refractivity contribution in [1.82, 2.24) is 15.5 Å². The molecule has 0 bridgehead atoms. The summed E-state index contributed by atoms with van der Waals surface area (Å²) in [4.78, 5) is 75.0. The maximum absolute atomic E-state index is 14.5. The second-order valence-electron chi connectivity index (χ2n) is 14.7. The van der Waals surface area contributed by atoms with Gasteiger partial charge in [-0.25, -0.2) is 0 Å². The Morgan fingerprint density at radius 1 is 1.13 bits per heavy atom. The minimum atomic E-state index is -1.04. The number of halogens is 1. The lowest BCUT2D eigenvalue weighted by atomic mass is 9.77. The number of rotatable bonds is 12. The molecule has 5 rings (SSSR count). The standard InChI is InChI=1S/C35H47ClN4O7/c1-5-9-26(30(42)32(44)37-23-14-15-23)38-31(43)28-19-35(18-27(39-47-35)21-10-8-11-22(36)16-21)20-40(28)33(45)25(34(2,3)4)17-29(41)46-24-12-6-7-13-24/h8,10-11,16,23-26,28H,5-7,9,12-15,17-20H2,1-4H3,(H,37,44)(H,38,43)/t25-,26+,28+,35-/m1/s1. The summed E-state index contributed by atoms with van der Waals surface area (Å²) in [6.45, 7) is 7.59. The first kappa shape index (κ1) is 34.9. The predicted octanol–water partition coefficient (Wildman–Crippen LogP) is 4.47. The zero-order valence-electron chi connectivity index (χ0n) is 27.8. The van der Waals surface area contributed by atoms with Gasteiger partial charge in [-0.1, -0.05) is 63.0 Å². The number of esters is 1. The van der Waals surface area contributed by atoms with Crippen molar-refractivity contribution in [1.29, 1.82) is 0 Å². The van der Waals surface area contributed by atoms with Crippen LogP contribution in [0, 0.1) is 11.3 Å². The van der Waals surface area contributed by atoms with Crippen LogP contribution in [0.2, 0.25) is 5.02 Å². The van der Waals surface area contributed by atoms with Gasteiger partial charge < -0.3 is 25.1 Å². The van der Waals surface area contributed by atoms with Gasteiger partial charge in [0.2, 0.25) is 17.6 Å². The summed E-state index contributed by atoms with van der Waals surface area (Å²) in [5, 5.41) is 10.4. The summed E-state index contributed by atoms with van der Waals surface area (Å²) < 4.78 is 5.73. The Hall–Kier alpha value is -3.47. The summed E-state index contributed by atoms with van der Waals surface area (Å²) in [6, 6.07) is 5.16. The number of Topliss-reactive ketones (excluding diaryl/α,β-unsaturated/α-hetero) is 1. The number of oxime groups is 1. The number of amides is 3. The Morgan fingerprint density at radius 2 is 1.85 bits per heavy atom. The molecule has 1 aromatic carbocycles. The number of carbonyl (C=O) groups excluding carboxylic acids is 5. The molecule has 3 amide bonds. The molecule has 2 aliphatic heterocycles. The van der Waals surface area contributed by atoms with Crippen LogP contribution in [-0.4, -0.2) is 76.5 Å². The van der Waals surface area contributed by atoms with Gasteiger partial charge in [-0.2, -0.15) is 0 Å². The van der Waals surface area contributed by atoms with Gasteiger partial charge in [-0.3, -0.25) is 24.0 Å². The largest absolute Gasteiger partial charge is 0.462 e. The lowest BCUT2D eigenvalue weighted by molar-refractivity contribution is -0.156. The minimum Gasteiger partial charge on any atom is -0.462 e. The van der Waals surface area contributed by atoms with Crippen molar-refractivity contribution < 1.29 is 33.5 Å². The number of carbonyl (C=O) groups is 5. The smallest absolute Gasteiger partial charge is 0.306 e. The number of nitrogens with zero attached hydrogens (tertiary/aromatic N) is 2. The van der Waals surface area contributed by atoms with E-state index in [2.05, 4.69) is 15.8 Å². The van der Waals surface area contributed by atoms with E-state index >= 15 is 0 Å². The van der Waals surface area contributed by atoms with Gasteiger partial charge >= 0.3 is 5.97 Å². The fraction of sp³-hybridized carbons (Fsp3) is 0.657. The normalized spacial score (nSPS) is 24.0. The first-order valence-electron chi connectivity index (χ1n) is 16.9. The van der Waals surface area contributed by atoms with E-state index in [-0.39, 0.29) is 43.9 Å². The Morgan fingerprint density at radius 3 is 2.49 bits per heavy atom. The molecule has 0 unspecified atom stereocenters. The van der Waals surface area contributed by atoms with Gasteiger partial charge in [-0.05, 0) is 62.5 Å². The molecule has 256 valence electrons. The van der Waals surface area contributed by atoms with Crippen LogP contribution in [-0.2, 0) is 33.5 Å². The molecule has 1 saturated heterocycles. The summed E-state index contributed by atoms with van der Waals surface area (Å²) in [5.41, 5.74) is -0.222. The second-order valence-corrected chi connectivity index (χ2v) is 15.1. The maximum atomic E-state index is 14.5. The highest BCUT2D eigenvalue weighted by Gasteiger charge is 2.55. The Balaban J connectivity index is 1.38. The van der Waals surface area contributed by atoms with Gasteiger partial charge in [0, 0.05) is 29.5 Å². The minimum absolute atomic E-state index is 0.00451. The first-order valence-corrected chi connectivity index (χ1v) is 17.3. The molecule has 47 heavy (non-hydrogen) atoms. The van der Waals surface area contributed by atoms with Crippen LogP contribution in [0.25, 0.3) is 0 Å². The fourth-order valence-corrected chi connectivity index (χ4v) is 6.98. The van der Waals surface area contributed by atoms with Crippen LogP contribution in [0.3, 0.4) is 0 Å². The van der Waals surface area contributed by atoms with E-state index in [0.717, 1.165) is 44.1 Å². The molecule has 1 spiro atoms. The number of benzene rings is 1. The quantitative estimate of drug-likeness (QED) is 0.247. The van der Waals surface area contributed by atoms with Crippen molar-refractivity contribution in [2.75, 3.05) is 6.54 Å². The monoisotopic (exact) mass is 670 g/mol. The summed E-state index contributed by atoms with van der Waals surface area (Å²) in [5.74, 6) is -3.56. The SMILES string of the molecule is CCC[C@H](NC(=O)[C@@H]1C[C@]2(CC(c3cccc(Cl)c3)=NO2)CN1C(=O)[C@@H](CC(=O)OC1CCCC1)C(C)(C)C)C(=O)C(=O)NC1CC1. The van der Waals surface area contributed by atoms with Crippen molar-refractivity contribution in [2.24, 2.45) is 16.5 Å². The molecular formula is C35H47ClN4O7. The number of ketones is 1. The van der Waals surface area contributed by atoms with Crippen molar-refractivity contribution >= 4 is 46.8 Å². The summed E-state index contributed by atoms with van der Waals surface area (Å²) >= 11 is 6.23. The van der Waals surface area contributed by atoms with Crippen molar-refractivity contribution in [3.63, 3.8) is 0 Å². The molecule has 11 nitrogen and oxygen atoms in total. The molecule has 0 aromatic heterocycles. The number of hydrogen-bond acceptors (Lipinski definition) is 8. The molecule has 4 atom stereocenters. The molecule has 4 aliphatic rings. The van der Waals surface area contributed by atoms with Gasteiger partial charge in [0.05, 0.1) is 30.6 Å². The number of likely N-dealkylation sites (tertiary alicyclic amines) is 1. The zero-order chi connectivity index (χ0) is 33.9. The highest BCUT2D eigenvalue weighted by Crippen LogP contribution is 2.42. The van der Waals surface area contributed by atoms with Crippen molar-refractivity contribution in [3.8, 4) is 0 Å². The van der Waals surface area contributed by atoms with Gasteiger partial charge in [-0.15, -0.1) is 0 Å². The van der Waals surface area contributed by atoms with Crippen LogP contribution in [0.1, 0.15) is 104 Å². The maximum Gasteiger partial charge on any atom is 0.306 e. The molecule has 2 N–H and O–H groups in total. The third-order valence-electron chi connectivity index (χ3n) is 9.64. The topological polar surface area (TPSA) is 143 Å². The Bertz CT molecular complexity index is 1410. The number of ether oxygens (including phenoxy) is 1. The lowest BCUT2D eigenvalue weighted by Gasteiger charge is -2.35. The molecule has 0 radical (unpaired) electrons. The predicted molar refractivity (Wildman–Crippen MR) is 175 cm³/mol. The number of hydrogen-bond donors (Lipinski definition) is 2. The number of nitrogens with one attached hydrogen (secondary N) is 2. The van der Waals surface area contributed by atoms with Crippen LogP contribution < -0.4 is 10.6 Å². The van der Waals surface area contributed by atoms with E-state index < -0.39 is 52.6 Å². The first-order chi connectivity index (χ1) is 22.3. The van der Waals surface area contributed by atoms with Gasteiger partial charge in [0.1, 0.15) is 12.1 Å². The zero-order valence-corrected chi connectivity index (χ0v) is 28.6. The molecule has 1 aromatic rings. The van der Waals surface area contributed by atoms with E-state index in [9.17, 15) is 24.0 Å². The van der Waals surface area contributed by atoms with Crippen molar-refractivity contribution in [3.05, 3.63) is 34.9 Å². The van der Waals surface area contributed by atoms with Gasteiger partial charge in [0.15, 0.2) is 5.60 Å². The molecule has 12 heteroatoms. The third kappa shape index (κ3) is 8.52. The third-order valence-corrected chi connectivity index (χ3v) is 9.88. The van der Waals surface area contributed by atoms with E-state index in [1.165, 1.54) is 4.90 Å². The van der Waals surface area contributed by atoms with Crippen molar-refractivity contribution in [2.45, 2.75) is 128 Å². The fourth-order valence-electron chi connectivity index (χ4n) is 6.79. The van der Waals surface area contributed by atoms with E-state index in [1.807, 2.05) is 39.8 Å². The van der Waals surface area contributed by atoms with Crippen LogP contribution in [0.5, 0.6) is 0 Å². The molecule has 2 heterocycles. The average molecular weight is 671 g/mol. The Labute approximate surface area is 281 Å². The van der Waals surface area contributed by atoms with Crippen LogP contribution in [0.4, 0.5) is 0 Å². The average Bonchev–Trinajstić information content (AvgIpc) is 3.37. The van der Waals surface area contributed by atoms with E-state index in [0.29, 0.717) is 23.6 Å². The Kier molecular flexibility index (Phi) is 10.6. The second kappa shape index (κ2) is 14.3. The van der Waals surface area contributed by atoms with Crippen LogP contribution in [0.15, 0.2) is 29.4 Å². The lowest BCUT2D eigenvalue weighted by Crippen LogP contribution is -2.54. The highest BCUT2D eigenvalue weighted by molar-refractivity contribution is 6.38. The summed E-state index contributed by atoms with van der Waals surface area (Å²) in [7, 11) is 0. The van der Waals surface area contributed by atoms with Gasteiger partial charge in [0.25, 0.3) is 5.91 Å². The summed E-state index contributed by atoms with van der Waals surface area (Å²) in [6.07, 6.45) is 6.31. The van der Waals surface area contributed by atoms with E-state index in [4.69, 9.17) is 21.2 Å². The molecular weight excluding hydrogens is 624 g/mol. The molecule has 2 saturated carbocycles. The highest BCUT2D eigenvalue weighted by atomic mass is 35.5.